The molecule has 0 fully saturated rings. The van der Waals surface area contributed by atoms with E-state index in [1.807, 2.05) is 0 Å². The molecule has 0 bridgehead atoms. The van der Waals surface area contributed by atoms with Gasteiger partial charge in [-0.1, -0.05) is 0 Å². The minimum atomic E-state index is -3.14. The molecule has 0 spiro atoms. The van der Waals surface area contributed by atoms with Gasteiger partial charge in [-0.3, -0.25) is 4.98 Å². The van der Waals surface area contributed by atoms with E-state index in [9.17, 15) is 8.42 Å². The summed E-state index contributed by atoms with van der Waals surface area (Å²) in [5.74, 6) is 0. The number of aromatic nitrogens is 1. The molecule has 1 heterocycles. The molecule has 0 aliphatic rings. The van der Waals surface area contributed by atoms with Crippen LogP contribution in [0.15, 0.2) is 23.4 Å². The molecule has 1 rings (SSSR count). The molecule has 15 heavy (non-hydrogen) atoms. The number of hydrogen-bond donors (Lipinski definition) is 1. The molecule has 0 aromatic carbocycles. The van der Waals surface area contributed by atoms with E-state index in [1.54, 1.807) is 12.3 Å². The Hall–Kier alpha value is -0.940. The van der Waals surface area contributed by atoms with Crippen molar-refractivity contribution in [3.8, 4) is 0 Å². The monoisotopic (exact) mass is 228 g/mol. The number of hydrogen-bond acceptors (Lipinski definition) is 4. The number of sulfone groups is 1. The highest BCUT2D eigenvalue weighted by Gasteiger charge is 2.07. The van der Waals surface area contributed by atoms with Gasteiger partial charge < -0.3 is 5.73 Å². The van der Waals surface area contributed by atoms with Crippen molar-refractivity contribution in [1.29, 1.82) is 0 Å². The van der Waals surface area contributed by atoms with E-state index >= 15 is 0 Å². The second-order valence-electron chi connectivity index (χ2n) is 3.55. The number of rotatable bonds is 5. The largest absolute Gasteiger partial charge is 0.330 e. The number of unbranched alkanes of at least 4 members (excludes halogenated alkanes) is 1. The third-order valence-electron chi connectivity index (χ3n) is 2.12. The molecular formula is C10H16N2O2S. The minimum Gasteiger partial charge on any atom is -0.330 e. The van der Waals surface area contributed by atoms with Gasteiger partial charge in [0.05, 0.1) is 4.90 Å². The lowest BCUT2D eigenvalue weighted by atomic mass is 10.1. The number of nitrogens with zero attached hydrogens (tertiary/aromatic N) is 1. The summed E-state index contributed by atoms with van der Waals surface area (Å²) in [7, 11) is -3.14. The summed E-state index contributed by atoms with van der Waals surface area (Å²) in [5.41, 5.74) is 6.33. The van der Waals surface area contributed by atoms with Crippen LogP contribution >= 0.6 is 0 Å². The molecule has 0 aliphatic heterocycles. The normalized spacial score (nSPS) is 11.6. The van der Waals surface area contributed by atoms with Crippen LogP contribution in [0.1, 0.15) is 18.4 Å². The Balaban J connectivity index is 2.75. The molecule has 1 aromatic heterocycles. The quantitative estimate of drug-likeness (QED) is 0.755. The molecule has 0 aliphatic carbocycles. The zero-order chi connectivity index (χ0) is 11.3. The fourth-order valence-electron chi connectivity index (χ4n) is 1.28. The first-order valence-corrected chi connectivity index (χ1v) is 6.77. The maximum Gasteiger partial charge on any atom is 0.177 e. The molecule has 0 saturated heterocycles. The summed E-state index contributed by atoms with van der Waals surface area (Å²) < 4.78 is 22.5. The van der Waals surface area contributed by atoms with Crippen molar-refractivity contribution in [3.05, 3.63) is 24.0 Å². The fourth-order valence-corrected chi connectivity index (χ4v) is 1.89. The fraction of sp³-hybridized carbons (Fsp3) is 0.500. The average molecular weight is 228 g/mol. The predicted octanol–water partition coefficient (Wildman–Crippen LogP) is 0.767. The van der Waals surface area contributed by atoms with Crippen LogP contribution in [0.4, 0.5) is 0 Å². The highest BCUT2D eigenvalue weighted by atomic mass is 32.2. The molecule has 0 unspecified atom stereocenters. The van der Waals surface area contributed by atoms with Crippen molar-refractivity contribution in [1.82, 2.24) is 4.98 Å². The van der Waals surface area contributed by atoms with E-state index in [2.05, 4.69) is 4.98 Å². The molecule has 84 valence electrons. The van der Waals surface area contributed by atoms with Crippen LogP contribution in [0, 0.1) is 0 Å². The van der Waals surface area contributed by atoms with Crippen LogP contribution in [0.5, 0.6) is 0 Å². The zero-order valence-electron chi connectivity index (χ0n) is 8.81. The Morgan fingerprint density at radius 1 is 1.33 bits per heavy atom. The standard InChI is InChI=1S/C10H16N2O2S/c1-15(13,14)10-6-9(7-12-8-10)4-2-3-5-11/h6-8H,2-5,11H2,1H3. The Bertz CT molecular complexity index is 415. The smallest absolute Gasteiger partial charge is 0.177 e. The van der Waals surface area contributed by atoms with Gasteiger partial charge in [-0.05, 0) is 37.4 Å². The molecule has 4 nitrogen and oxygen atoms in total. The number of aryl methyl sites for hydroxylation is 1. The average Bonchev–Trinajstić information content (AvgIpc) is 2.17. The Kier molecular flexibility index (Phi) is 4.23. The summed E-state index contributed by atoms with van der Waals surface area (Å²) in [4.78, 5) is 4.20. The third kappa shape index (κ3) is 3.97. The van der Waals surface area contributed by atoms with Gasteiger partial charge in [-0.25, -0.2) is 8.42 Å². The van der Waals surface area contributed by atoms with E-state index < -0.39 is 9.84 Å². The molecular weight excluding hydrogens is 212 g/mol. The molecule has 2 N–H and O–H groups in total. The van der Waals surface area contributed by atoms with Crippen molar-refractivity contribution in [3.63, 3.8) is 0 Å². The van der Waals surface area contributed by atoms with E-state index in [0.29, 0.717) is 6.54 Å². The van der Waals surface area contributed by atoms with Crippen molar-refractivity contribution < 1.29 is 8.42 Å². The first kappa shape index (κ1) is 12.1. The zero-order valence-corrected chi connectivity index (χ0v) is 9.63. The van der Waals surface area contributed by atoms with Crippen molar-refractivity contribution in [2.24, 2.45) is 5.73 Å². The second-order valence-corrected chi connectivity index (χ2v) is 5.56. The number of pyridine rings is 1. The van der Waals surface area contributed by atoms with E-state index in [1.165, 1.54) is 12.5 Å². The Morgan fingerprint density at radius 2 is 2.07 bits per heavy atom. The topological polar surface area (TPSA) is 73.0 Å². The van der Waals surface area contributed by atoms with Gasteiger partial charge in [0.25, 0.3) is 0 Å². The van der Waals surface area contributed by atoms with Crippen LogP contribution in [0.2, 0.25) is 0 Å². The molecule has 0 amide bonds. The first-order valence-electron chi connectivity index (χ1n) is 4.88. The Morgan fingerprint density at radius 3 is 2.67 bits per heavy atom. The minimum absolute atomic E-state index is 0.285. The number of nitrogens with two attached hydrogens (primary N) is 1. The SMILES string of the molecule is CS(=O)(=O)c1cncc(CCCCN)c1. The maximum atomic E-state index is 11.3. The van der Waals surface area contributed by atoms with Gasteiger partial charge in [0.1, 0.15) is 0 Å². The molecule has 0 atom stereocenters. The van der Waals surface area contributed by atoms with Gasteiger partial charge in [0, 0.05) is 18.6 Å². The van der Waals surface area contributed by atoms with Gasteiger partial charge in [-0.2, -0.15) is 0 Å². The van der Waals surface area contributed by atoms with Crippen LogP contribution in [0.3, 0.4) is 0 Å². The molecule has 1 aromatic rings. The highest BCUT2D eigenvalue weighted by Crippen LogP contribution is 2.11. The molecule has 0 radical (unpaired) electrons. The second kappa shape index (κ2) is 5.23. The lowest BCUT2D eigenvalue weighted by molar-refractivity contribution is 0.601. The predicted molar refractivity (Wildman–Crippen MR) is 59.3 cm³/mol. The van der Waals surface area contributed by atoms with Crippen molar-refractivity contribution in [2.45, 2.75) is 24.2 Å². The van der Waals surface area contributed by atoms with Crippen molar-refractivity contribution >= 4 is 9.84 Å². The summed E-state index contributed by atoms with van der Waals surface area (Å²) in [6.07, 6.45) is 7.00. The summed E-state index contributed by atoms with van der Waals surface area (Å²) >= 11 is 0. The molecule has 0 saturated carbocycles. The highest BCUT2D eigenvalue weighted by molar-refractivity contribution is 7.90. The van der Waals surface area contributed by atoms with E-state index in [4.69, 9.17) is 5.73 Å². The summed E-state index contributed by atoms with van der Waals surface area (Å²) in [6, 6.07) is 1.68. The maximum absolute atomic E-state index is 11.3. The first-order chi connectivity index (χ1) is 7.04. The lowest BCUT2D eigenvalue weighted by Crippen LogP contribution is -2.01. The molecule has 5 heteroatoms. The summed E-state index contributed by atoms with van der Waals surface area (Å²) in [5, 5.41) is 0. The van der Waals surface area contributed by atoms with E-state index in [0.717, 1.165) is 24.8 Å². The lowest BCUT2D eigenvalue weighted by Gasteiger charge is -2.02. The van der Waals surface area contributed by atoms with Gasteiger partial charge in [-0.15, -0.1) is 0 Å². The Labute approximate surface area is 90.4 Å². The van der Waals surface area contributed by atoms with Gasteiger partial charge in [0.2, 0.25) is 0 Å². The van der Waals surface area contributed by atoms with Crippen LogP contribution in [-0.2, 0) is 16.3 Å². The third-order valence-corrected chi connectivity index (χ3v) is 3.20. The van der Waals surface area contributed by atoms with Crippen LogP contribution in [0.25, 0.3) is 0 Å². The van der Waals surface area contributed by atoms with Crippen LogP contribution in [-0.4, -0.2) is 26.2 Å². The van der Waals surface area contributed by atoms with Gasteiger partial charge in [0.15, 0.2) is 9.84 Å². The van der Waals surface area contributed by atoms with Crippen molar-refractivity contribution in [2.75, 3.05) is 12.8 Å². The summed E-state index contributed by atoms with van der Waals surface area (Å²) in [6.45, 7) is 0.666. The van der Waals surface area contributed by atoms with Crippen LogP contribution < -0.4 is 5.73 Å². The van der Waals surface area contributed by atoms with Gasteiger partial charge >= 0.3 is 0 Å². The van der Waals surface area contributed by atoms with E-state index in [-0.39, 0.29) is 4.90 Å².